The average molecular weight is 389 g/mol. The smallest absolute Gasteiger partial charge is 0.225 e. The number of likely N-dealkylation sites (tertiary alicyclic amines) is 1. The second-order valence-corrected chi connectivity index (χ2v) is 7.95. The van der Waals surface area contributed by atoms with Gasteiger partial charge in [-0.15, -0.1) is 0 Å². The maximum absolute atomic E-state index is 12.5. The summed E-state index contributed by atoms with van der Waals surface area (Å²) >= 11 is 0. The highest BCUT2D eigenvalue weighted by atomic mass is 16.5. The minimum absolute atomic E-state index is 0.0696. The number of ether oxygens (including phenoxy) is 2. The Morgan fingerprint density at radius 3 is 2.50 bits per heavy atom. The third-order valence-electron chi connectivity index (χ3n) is 6.04. The van der Waals surface area contributed by atoms with E-state index in [-0.39, 0.29) is 11.8 Å². The Morgan fingerprint density at radius 1 is 1.11 bits per heavy atom. The summed E-state index contributed by atoms with van der Waals surface area (Å²) in [5.74, 6) is 2.76. The number of amides is 2. The lowest BCUT2D eigenvalue weighted by Gasteiger charge is -2.38. The molecule has 2 atom stereocenters. The van der Waals surface area contributed by atoms with Gasteiger partial charge >= 0.3 is 0 Å². The van der Waals surface area contributed by atoms with Gasteiger partial charge < -0.3 is 19.7 Å². The standard InChI is InChI=1S/C22H32N2O4/c1-4-16-14-24(22(26)17-6-7-17)10-9-18(16)12-21(25)23-13-15-5-8-19(27-2)20(11-15)28-3/h5,8,11,16-18H,4,6-7,9-10,12-14H2,1-3H3,(H,23,25)/t16-,18-/m0/s1. The van der Waals surface area contributed by atoms with E-state index in [1.165, 1.54) is 0 Å². The van der Waals surface area contributed by atoms with Crippen molar-refractivity contribution in [3.8, 4) is 11.5 Å². The summed E-state index contributed by atoms with van der Waals surface area (Å²) in [4.78, 5) is 26.9. The topological polar surface area (TPSA) is 67.9 Å². The molecule has 3 rings (SSSR count). The molecule has 6 heteroatoms. The van der Waals surface area contributed by atoms with Gasteiger partial charge in [0.05, 0.1) is 14.2 Å². The number of hydrogen-bond donors (Lipinski definition) is 1. The zero-order valence-electron chi connectivity index (χ0n) is 17.2. The first-order chi connectivity index (χ1) is 13.5. The Morgan fingerprint density at radius 2 is 1.86 bits per heavy atom. The Hall–Kier alpha value is -2.24. The number of carbonyl (C=O) groups is 2. The summed E-state index contributed by atoms with van der Waals surface area (Å²) < 4.78 is 10.6. The first kappa shape index (κ1) is 20.5. The summed E-state index contributed by atoms with van der Waals surface area (Å²) in [6, 6.07) is 5.66. The van der Waals surface area contributed by atoms with Gasteiger partial charge in [0.15, 0.2) is 11.5 Å². The predicted octanol–water partition coefficient (Wildman–Crippen LogP) is 2.99. The van der Waals surface area contributed by atoms with Crippen molar-refractivity contribution in [2.45, 2.75) is 45.6 Å². The van der Waals surface area contributed by atoms with Crippen LogP contribution in [0, 0.1) is 17.8 Å². The number of methoxy groups -OCH3 is 2. The van der Waals surface area contributed by atoms with Crippen molar-refractivity contribution >= 4 is 11.8 Å². The molecule has 2 amide bonds. The van der Waals surface area contributed by atoms with E-state index in [1.54, 1.807) is 14.2 Å². The molecule has 1 saturated carbocycles. The van der Waals surface area contributed by atoms with Crippen LogP contribution >= 0.6 is 0 Å². The highest BCUT2D eigenvalue weighted by Crippen LogP contribution is 2.35. The molecule has 1 aromatic rings. The summed E-state index contributed by atoms with van der Waals surface area (Å²) in [6.45, 7) is 4.22. The van der Waals surface area contributed by atoms with Crippen molar-refractivity contribution in [1.82, 2.24) is 10.2 Å². The summed E-state index contributed by atoms with van der Waals surface area (Å²) in [7, 11) is 3.21. The fraction of sp³-hybridized carbons (Fsp3) is 0.636. The number of carbonyl (C=O) groups excluding carboxylic acids is 2. The maximum Gasteiger partial charge on any atom is 0.225 e. The molecule has 1 N–H and O–H groups in total. The third-order valence-corrected chi connectivity index (χ3v) is 6.04. The zero-order chi connectivity index (χ0) is 20.1. The van der Waals surface area contributed by atoms with Crippen molar-refractivity contribution in [2.24, 2.45) is 17.8 Å². The highest BCUT2D eigenvalue weighted by Gasteiger charge is 2.37. The van der Waals surface area contributed by atoms with Crippen LogP contribution < -0.4 is 14.8 Å². The van der Waals surface area contributed by atoms with Crippen LogP contribution in [0.5, 0.6) is 11.5 Å². The molecule has 1 aromatic carbocycles. The van der Waals surface area contributed by atoms with E-state index in [4.69, 9.17) is 9.47 Å². The molecule has 2 fully saturated rings. The lowest BCUT2D eigenvalue weighted by molar-refractivity contribution is -0.135. The number of benzene rings is 1. The van der Waals surface area contributed by atoms with Gasteiger partial charge in [-0.2, -0.15) is 0 Å². The molecule has 154 valence electrons. The normalized spacial score (nSPS) is 21.9. The molecule has 2 aliphatic rings. The van der Waals surface area contributed by atoms with Gasteiger partial charge in [0.1, 0.15) is 0 Å². The summed E-state index contributed by atoms with van der Waals surface area (Å²) in [5, 5.41) is 3.03. The van der Waals surface area contributed by atoms with E-state index in [9.17, 15) is 9.59 Å². The molecule has 1 heterocycles. The van der Waals surface area contributed by atoms with Crippen molar-refractivity contribution in [2.75, 3.05) is 27.3 Å². The van der Waals surface area contributed by atoms with Crippen molar-refractivity contribution < 1.29 is 19.1 Å². The van der Waals surface area contributed by atoms with Gasteiger partial charge in [-0.3, -0.25) is 9.59 Å². The van der Waals surface area contributed by atoms with E-state index in [0.29, 0.717) is 42.2 Å². The second-order valence-electron chi connectivity index (χ2n) is 7.95. The van der Waals surface area contributed by atoms with Crippen LogP contribution in [0.4, 0.5) is 0 Å². The number of nitrogens with one attached hydrogen (secondary N) is 1. The van der Waals surface area contributed by atoms with Crippen LogP contribution in [0.2, 0.25) is 0 Å². The van der Waals surface area contributed by atoms with E-state index in [0.717, 1.165) is 44.3 Å². The predicted molar refractivity (Wildman–Crippen MR) is 107 cm³/mol. The zero-order valence-corrected chi connectivity index (χ0v) is 17.2. The third kappa shape index (κ3) is 4.97. The SMILES string of the molecule is CC[C@H]1CN(C(=O)C2CC2)CC[C@H]1CC(=O)NCc1ccc(OC)c(OC)c1. The number of hydrogen-bond acceptors (Lipinski definition) is 4. The van der Waals surface area contributed by atoms with Gasteiger partial charge in [0.2, 0.25) is 11.8 Å². The summed E-state index contributed by atoms with van der Waals surface area (Å²) in [6.07, 6.45) is 4.54. The Balaban J connectivity index is 1.49. The number of nitrogens with zero attached hydrogens (tertiary/aromatic N) is 1. The van der Waals surface area contributed by atoms with Crippen molar-refractivity contribution in [3.63, 3.8) is 0 Å². The van der Waals surface area contributed by atoms with E-state index in [2.05, 4.69) is 12.2 Å². The quantitative estimate of drug-likeness (QED) is 0.743. The fourth-order valence-corrected chi connectivity index (χ4v) is 4.10. The molecular formula is C22H32N2O4. The van der Waals surface area contributed by atoms with Gasteiger partial charge in [0.25, 0.3) is 0 Å². The Labute approximate surface area is 167 Å². The summed E-state index contributed by atoms with van der Waals surface area (Å²) in [5.41, 5.74) is 0.975. The monoisotopic (exact) mass is 388 g/mol. The van der Waals surface area contributed by atoms with Crippen LogP contribution in [0.3, 0.4) is 0 Å². The molecular weight excluding hydrogens is 356 g/mol. The minimum Gasteiger partial charge on any atom is -0.493 e. The van der Waals surface area contributed by atoms with Crippen LogP contribution in [-0.4, -0.2) is 44.0 Å². The van der Waals surface area contributed by atoms with Crippen LogP contribution in [0.15, 0.2) is 18.2 Å². The molecule has 0 unspecified atom stereocenters. The Bertz CT molecular complexity index is 702. The molecule has 6 nitrogen and oxygen atoms in total. The van der Waals surface area contributed by atoms with Gasteiger partial charge in [-0.1, -0.05) is 19.4 Å². The van der Waals surface area contributed by atoms with Gasteiger partial charge in [-0.05, 0) is 48.8 Å². The van der Waals surface area contributed by atoms with E-state index in [1.807, 2.05) is 23.1 Å². The number of rotatable bonds is 8. The fourth-order valence-electron chi connectivity index (χ4n) is 4.10. The molecule has 0 radical (unpaired) electrons. The Kier molecular flexibility index (Phi) is 6.81. The van der Waals surface area contributed by atoms with Gasteiger partial charge in [-0.25, -0.2) is 0 Å². The molecule has 1 aliphatic carbocycles. The highest BCUT2D eigenvalue weighted by molar-refractivity contribution is 5.81. The molecule has 1 saturated heterocycles. The minimum atomic E-state index is 0.0696. The van der Waals surface area contributed by atoms with Gasteiger partial charge in [0, 0.05) is 32.0 Å². The van der Waals surface area contributed by atoms with E-state index >= 15 is 0 Å². The largest absolute Gasteiger partial charge is 0.493 e. The molecule has 28 heavy (non-hydrogen) atoms. The molecule has 1 aliphatic heterocycles. The van der Waals surface area contributed by atoms with Crippen LogP contribution in [0.1, 0.15) is 44.6 Å². The molecule has 0 spiro atoms. The van der Waals surface area contributed by atoms with E-state index < -0.39 is 0 Å². The average Bonchev–Trinajstić information content (AvgIpc) is 3.57. The molecule has 0 aromatic heterocycles. The first-order valence-electron chi connectivity index (χ1n) is 10.3. The van der Waals surface area contributed by atoms with Crippen LogP contribution in [-0.2, 0) is 16.1 Å². The number of piperidine rings is 1. The maximum atomic E-state index is 12.5. The first-order valence-corrected chi connectivity index (χ1v) is 10.3. The lowest BCUT2D eigenvalue weighted by Crippen LogP contribution is -2.45. The van der Waals surface area contributed by atoms with Crippen molar-refractivity contribution in [3.05, 3.63) is 23.8 Å². The lowest BCUT2D eigenvalue weighted by atomic mass is 9.81. The van der Waals surface area contributed by atoms with Crippen molar-refractivity contribution in [1.29, 1.82) is 0 Å². The molecule has 0 bridgehead atoms. The van der Waals surface area contributed by atoms with Crippen LogP contribution in [0.25, 0.3) is 0 Å². The second kappa shape index (κ2) is 9.30.